The molecular formula is C25H21F5N4O2S2. The summed E-state index contributed by atoms with van der Waals surface area (Å²) in [5.41, 5.74) is 0.0980. The molecule has 0 aliphatic carbocycles. The fourth-order valence-corrected chi connectivity index (χ4v) is 6.35. The van der Waals surface area contributed by atoms with Crippen molar-refractivity contribution in [3.05, 3.63) is 75.4 Å². The van der Waals surface area contributed by atoms with Crippen molar-refractivity contribution in [1.29, 1.82) is 0 Å². The Labute approximate surface area is 222 Å². The van der Waals surface area contributed by atoms with Crippen LogP contribution < -0.4 is 0 Å². The summed E-state index contributed by atoms with van der Waals surface area (Å²) in [5, 5.41) is 6.49. The highest BCUT2D eigenvalue weighted by Crippen LogP contribution is 2.37. The number of pyridine rings is 1. The zero-order valence-electron chi connectivity index (χ0n) is 19.8. The molecule has 38 heavy (non-hydrogen) atoms. The Bertz CT molecular complexity index is 1340. The molecule has 5 rings (SSSR count). The molecule has 2 aromatic heterocycles. The molecule has 0 spiro atoms. The minimum atomic E-state index is -4.53. The lowest BCUT2D eigenvalue weighted by Gasteiger charge is -2.31. The van der Waals surface area contributed by atoms with E-state index in [0.717, 1.165) is 22.8 Å². The van der Waals surface area contributed by atoms with Gasteiger partial charge in [0.05, 0.1) is 27.6 Å². The van der Waals surface area contributed by atoms with Gasteiger partial charge in [-0.3, -0.25) is 4.79 Å². The fourth-order valence-electron chi connectivity index (χ4n) is 4.43. The highest BCUT2D eigenvalue weighted by molar-refractivity contribution is 7.99. The van der Waals surface area contributed by atoms with Gasteiger partial charge in [0.1, 0.15) is 22.4 Å². The van der Waals surface area contributed by atoms with Gasteiger partial charge >= 0.3 is 6.18 Å². The average Bonchev–Trinajstić information content (AvgIpc) is 3.57. The number of amides is 1. The summed E-state index contributed by atoms with van der Waals surface area (Å²) < 4.78 is 67.7. The first-order chi connectivity index (χ1) is 18.2. The van der Waals surface area contributed by atoms with Crippen LogP contribution in [0.1, 0.15) is 53.1 Å². The van der Waals surface area contributed by atoms with Crippen molar-refractivity contribution in [3.63, 3.8) is 0 Å². The molecule has 200 valence electrons. The molecule has 1 fully saturated rings. The largest absolute Gasteiger partial charge is 0.419 e. The standard InChI is InChI=1S/C25H21F5N4O2S2/c26-16-4-1-5-17(27)22(16)20-11-18(33-36-20)19-12-37-23(32-19)14-6-9-34(10-7-14)21(35)13-38-24-15(25(28,29)30)3-2-8-31-24/h1-5,8,12,14,20H,6-7,9-11,13H2. The Morgan fingerprint density at radius 3 is 2.58 bits per heavy atom. The Kier molecular flexibility index (Phi) is 7.66. The number of rotatable bonds is 6. The molecule has 1 amide bonds. The van der Waals surface area contributed by atoms with E-state index in [-0.39, 0.29) is 34.6 Å². The number of piperidine rings is 1. The smallest absolute Gasteiger partial charge is 0.387 e. The first-order valence-electron chi connectivity index (χ1n) is 11.8. The summed E-state index contributed by atoms with van der Waals surface area (Å²) in [7, 11) is 0. The van der Waals surface area contributed by atoms with E-state index in [1.54, 1.807) is 4.90 Å². The van der Waals surface area contributed by atoms with Crippen LogP contribution in [0.15, 0.2) is 52.1 Å². The van der Waals surface area contributed by atoms with Crippen LogP contribution in [0.3, 0.4) is 0 Å². The highest BCUT2D eigenvalue weighted by atomic mass is 32.2. The van der Waals surface area contributed by atoms with Crippen LogP contribution in [0.5, 0.6) is 0 Å². The van der Waals surface area contributed by atoms with Crippen LogP contribution in [0.2, 0.25) is 0 Å². The molecular weight excluding hydrogens is 547 g/mol. The van der Waals surface area contributed by atoms with E-state index < -0.39 is 29.5 Å². The zero-order valence-corrected chi connectivity index (χ0v) is 21.4. The summed E-state index contributed by atoms with van der Waals surface area (Å²) >= 11 is 2.24. The molecule has 13 heteroatoms. The van der Waals surface area contributed by atoms with Gasteiger partial charge in [0.25, 0.3) is 0 Å². The molecule has 4 heterocycles. The van der Waals surface area contributed by atoms with Gasteiger partial charge in [-0.05, 0) is 37.1 Å². The number of alkyl halides is 3. The third-order valence-electron chi connectivity index (χ3n) is 6.41. The SMILES string of the molecule is O=C(CSc1ncccc1C(F)(F)F)N1CCC(c2nc(C3=NOC(c4c(F)cccc4F)C3)cs2)CC1. The topological polar surface area (TPSA) is 67.7 Å². The van der Waals surface area contributed by atoms with Gasteiger partial charge in [-0.25, -0.2) is 18.7 Å². The Hall–Kier alpha value is -3.06. The Morgan fingerprint density at radius 2 is 1.87 bits per heavy atom. The number of likely N-dealkylation sites (tertiary alicyclic amines) is 1. The lowest BCUT2D eigenvalue weighted by atomic mass is 9.97. The summed E-state index contributed by atoms with van der Waals surface area (Å²) in [6.07, 6.45) is -2.60. The van der Waals surface area contributed by atoms with Crippen LogP contribution in [0.25, 0.3) is 0 Å². The lowest BCUT2D eigenvalue weighted by Crippen LogP contribution is -2.39. The van der Waals surface area contributed by atoms with E-state index in [9.17, 15) is 26.7 Å². The van der Waals surface area contributed by atoms with Crippen molar-refractivity contribution in [2.75, 3.05) is 18.8 Å². The van der Waals surface area contributed by atoms with Gasteiger partial charge in [-0.1, -0.05) is 23.0 Å². The number of thioether (sulfide) groups is 1. The normalized spacial score (nSPS) is 18.4. The minimum Gasteiger partial charge on any atom is -0.387 e. The molecule has 1 saturated heterocycles. The van der Waals surface area contributed by atoms with Crippen LogP contribution >= 0.6 is 23.1 Å². The predicted molar refractivity (Wildman–Crippen MR) is 132 cm³/mol. The zero-order chi connectivity index (χ0) is 26.9. The van der Waals surface area contributed by atoms with Crippen molar-refractivity contribution in [1.82, 2.24) is 14.9 Å². The van der Waals surface area contributed by atoms with Gasteiger partial charge in [0.2, 0.25) is 5.91 Å². The molecule has 6 nitrogen and oxygen atoms in total. The third kappa shape index (κ3) is 5.68. The van der Waals surface area contributed by atoms with E-state index >= 15 is 0 Å². The number of aromatic nitrogens is 2. The fraction of sp³-hybridized carbons (Fsp3) is 0.360. The van der Waals surface area contributed by atoms with E-state index in [2.05, 4.69) is 15.1 Å². The molecule has 2 aliphatic rings. The van der Waals surface area contributed by atoms with Crippen molar-refractivity contribution < 1.29 is 31.6 Å². The summed E-state index contributed by atoms with van der Waals surface area (Å²) in [4.78, 5) is 28.1. The number of carbonyl (C=O) groups is 1. The molecule has 3 aromatic rings. The van der Waals surface area contributed by atoms with Gasteiger partial charge in [-0.2, -0.15) is 13.2 Å². The quantitative estimate of drug-likeness (QED) is 0.262. The number of oxime groups is 1. The second kappa shape index (κ2) is 11.0. The Morgan fingerprint density at radius 1 is 1.13 bits per heavy atom. The van der Waals surface area contributed by atoms with Gasteiger partial charge in [-0.15, -0.1) is 11.3 Å². The number of benzene rings is 1. The molecule has 0 bridgehead atoms. The van der Waals surface area contributed by atoms with Gasteiger partial charge in [0, 0.05) is 37.0 Å². The van der Waals surface area contributed by atoms with E-state index in [1.165, 1.54) is 41.8 Å². The monoisotopic (exact) mass is 568 g/mol. The first-order valence-corrected chi connectivity index (χ1v) is 13.6. The lowest BCUT2D eigenvalue weighted by molar-refractivity contribution is -0.140. The molecule has 1 atom stereocenters. The summed E-state index contributed by atoms with van der Waals surface area (Å²) in [5.74, 6) is -1.64. The van der Waals surface area contributed by atoms with Crippen molar-refractivity contribution >= 4 is 34.7 Å². The van der Waals surface area contributed by atoms with E-state index in [1.807, 2.05) is 5.38 Å². The van der Waals surface area contributed by atoms with E-state index in [0.29, 0.717) is 37.3 Å². The van der Waals surface area contributed by atoms with Crippen molar-refractivity contribution in [2.24, 2.45) is 5.16 Å². The van der Waals surface area contributed by atoms with Crippen LogP contribution in [-0.4, -0.2) is 45.3 Å². The van der Waals surface area contributed by atoms with Gasteiger partial charge < -0.3 is 9.74 Å². The van der Waals surface area contributed by atoms with Crippen LogP contribution in [0, 0.1) is 11.6 Å². The Balaban J connectivity index is 1.14. The second-order valence-corrected chi connectivity index (χ2v) is 10.7. The summed E-state index contributed by atoms with van der Waals surface area (Å²) in [6, 6.07) is 5.81. The van der Waals surface area contributed by atoms with Crippen LogP contribution in [0.4, 0.5) is 22.0 Å². The number of carbonyl (C=O) groups excluding carboxylic acids is 1. The van der Waals surface area contributed by atoms with Crippen LogP contribution in [-0.2, 0) is 15.8 Å². The van der Waals surface area contributed by atoms with Crippen molar-refractivity contribution in [2.45, 2.75) is 42.5 Å². The first kappa shape index (κ1) is 26.5. The third-order valence-corrected chi connectivity index (χ3v) is 8.41. The maximum atomic E-state index is 14.1. The number of halogens is 5. The maximum absolute atomic E-state index is 14.1. The second-order valence-electron chi connectivity index (χ2n) is 8.84. The average molecular weight is 569 g/mol. The number of thiazole rings is 1. The van der Waals surface area contributed by atoms with Crippen molar-refractivity contribution in [3.8, 4) is 0 Å². The molecule has 0 N–H and O–H groups in total. The minimum absolute atomic E-state index is 0.112. The highest BCUT2D eigenvalue weighted by Gasteiger charge is 2.35. The molecule has 1 aromatic carbocycles. The number of hydrogen-bond donors (Lipinski definition) is 0. The molecule has 1 unspecified atom stereocenters. The molecule has 0 saturated carbocycles. The van der Waals surface area contributed by atoms with Gasteiger partial charge in [0.15, 0.2) is 6.10 Å². The number of hydrogen-bond acceptors (Lipinski definition) is 7. The maximum Gasteiger partial charge on any atom is 0.419 e. The summed E-state index contributed by atoms with van der Waals surface area (Å²) in [6.45, 7) is 0.929. The van der Waals surface area contributed by atoms with E-state index in [4.69, 9.17) is 4.84 Å². The number of nitrogens with zero attached hydrogens (tertiary/aromatic N) is 4. The predicted octanol–water partition coefficient (Wildman–Crippen LogP) is 6.20. The molecule has 0 radical (unpaired) electrons. The molecule has 2 aliphatic heterocycles.